The van der Waals surface area contributed by atoms with E-state index in [9.17, 15) is 4.79 Å². The molecule has 3 rings (SSSR count). The third-order valence-corrected chi connectivity index (χ3v) is 2.95. The number of fused-ring (bicyclic) bond motifs is 1. The average Bonchev–Trinajstić information content (AvgIpc) is 3.12. The van der Waals surface area contributed by atoms with Crippen LogP contribution in [0.2, 0.25) is 0 Å². The van der Waals surface area contributed by atoms with Gasteiger partial charge < -0.3 is 4.98 Å². The predicted octanol–water partition coefficient (Wildman–Crippen LogP) is 2.03. The molecule has 17 heavy (non-hydrogen) atoms. The van der Waals surface area contributed by atoms with Crippen LogP contribution in [0.5, 0.6) is 0 Å². The number of carbonyl (C=O) groups excluding carboxylic acids is 1. The summed E-state index contributed by atoms with van der Waals surface area (Å²) in [5.74, 6) is 0.219. The van der Waals surface area contributed by atoms with E-state index in [1.807, 2.05) is 30.5 Å². The van der Waals surface area contributed by atoms with Crippen molar-refractivity contribution in [1.82, 2.24) is 10.4 Å². The van der Waals surface area contributed by atoms with Gasteiger partial charge in [-0.1, -0.05) is 18.2 Å². The molecular weight excluding hydrogens is 214 g/mol. The van der Waals surface area contributed by atoms with E-state index in [0.717, 1.165) is 29.3 Å². The Morgan fingerprint density at radius 2 is 2.24 bits per heavy atom. The van der Waals surface area contributed by atoms with Gasteiger partial charge in [-0.25, -0.2) is 5.43 Å². The van der Waals surface area contributed by atoms with E-state index < -0.39 is 0 Å². The van der Waals surface area contributed by atoms with Crippen LogP contribution in [0, 0.1) is 5.92 Å². The first kappa shape index (κ1) is 10.1. The lowest BCUT2D eigenvalue weighted by Crippen LogP contribution is -2.18. The Balaban J connectivity index is 1.75. The minimum atomic E-state index is 0.0288. The Labute approximate surface area is 98.7 Å². The minimum absolute atomic E-state index is 0.0288. The molecule has 1 saturated carbocycles. The van der Waals surface area contributed by atoms with Gasteiger partial charge in [-0.3, -0.25) is 4.79 Å². The highest BCUT2D eigenvalue weighted by molar-refractivity contribution is 5.99. The highest BCUT2D eigenvalue weighted by Crippen LogP contribution is 2.28. The molecule has 1 heterocycles. The number of rotatable bonds is 3. The zero-order chi connectivity index (χ0) is 11.7. The summed E-state index contributed by atoms with van der Waals surface area (Å²) in [5, 5.41) is 5.09. The second-order valence-corrected chi connectivity index (χ2v) is 4.30. The number of hydrogen-bond donors (Lipinski definition) is 2. The molecule has 0 bridgehead atoms. The first-order valence-electron chi connectivity index (χ1n) is 5.73. The van der Waals surface area contributed by atoms with Gasteiger partial charge >= 0.3 is 0 Å². The molecule has 1 aromatic carbocycles. The number of nitrogens with zero attached hydrogens (tertiary/aromatic N) is 1. The molecule has 2 aromatic rings. The van der Waals surface area contributed by atoms with E-state index in [4.69, 9.17) is 0 Å². The number of hydrazone groups is 1. The molecule has 0 spiro atoms. The van der Waals surface area contributed by atoms with Crippen LogP contribution in [-0.4, -0.2) is 17.1 Å². The smallest absolute Gasteiger partial charge is 0.243 e. The summed E-state index contributed by atoms with van der Waals surface area (Å²) in [6.07, 6.45) is 5.55. The van der Waals surface area contributed by atoms with Gasteiger partial charge in [0, 0.05) is 28.6 Å². The zero-order valence-corrected chi connectivity index (χ0v) is 9.31. The summed E-state index contributed by atoms with van der Waals surface area (Å²) in [6.45, 7) is 0. The Morgan fingerprint density at radius 3 is 3.06 bits per heavy atom. The summed E-state index contributed by atoms with van der Waals surface area (Å²) < 4.78 is 0. The van der Waals surface area contributed by atoms with Crippen molar-refractivity contribution < 1.29 is 4.79 Å². The SMILES string of the molecule is O=C(NN=Cc1c[nH]c2ccccc12)C1CC1. The maximum absolute atomic E-state index is 11.4. The van der Waals surface area contributed by atoms with Crippen LogP contribution in [0.15, 0.2) is 35.6 Å². The Hall–Kier alpha value is -2.10. The van der Waals surface area contributed by atoms with E-state index in [1.54, 1.807) is 6.21 Å². The normalized spacial score (nSPS) is 15.5. The molecule has 2 N–H and O–H groups in total. The van der Waals surface area contributed by atoms with E-state index in [2.05, 4.69) is 15.5 Å². The number of amides is 1. The van der Waals surface area contributed by atoms with Crippen molar-refractivity contribution in [2.45, 2.75) is 12.8 Å². The molecule has 1 aliphatic rings. The van der Waals surface area contributed by atoms with Gasteiger partial charge in [-0.2, -0.15) is 5.10 Å². The van der Waals surface area contributed by atoms with Crippen LogP contribution in [0.3, 0.4) is 0 Å². The lowest BCUT2D eigenvalue weighted by atomic mass is 10.2. The summed E-state index contributed by atoms with van der Waals surface area (Å²) in [6, 6.07) is 8.00. The van der Waals surface area contributed by atoms with Gasteiger partial charge in [0.1, 0.15) is 0 Å². The fraction of sp³-hybridized carbons (Fsp3) is 0.231. The molecule has 1 aromatic heterocycles. The van der Waals surface area contributed by atoms with Gasteiger partial charge in [-0.05, 0) is 18.9 Å². The van der Waals surface area contributed by atoms with Crippen LogP contribution in [0.1, 0.15) is 18.4 Å². The van der Waals surface area contributed by atoms with Crippen LogP contribution in [0.4, 0.5) is 0 Å². The van der Waals surface area contributed by atoms with Crippen molar-refractivity contribution in [3.8, 4) is 0 Å². The molecule has 0 atom stereocenters. The topological polar surface area (TPSA) is 57.2 Å². The molecule has 1 fully saturated rings. The first-order chi connectivity index (χ1) is 8.34. The molecule has 0 saturated heterocycles. The van der Waals surface area contributed by atoms with Gasteiger partial charge in [0.05, 0.1) is 6.21 Å². The Morgan fingerprint density at radius 1 is 1.41 bits per heavy atom. The van der Waals surface area contributed by atoms with Crippen molar-refractivity contribution in [2.24, 2.45) is 11.0 Å². The zero-order valence-electron chi connectivity index (χ0n) is 9.31. The molecule has 1 amide bonds. The van der Waals surface area contributed by atoms with E-state index in [0.29, 0.717) is 0 Å². The quantitative estimate of drug-likeness (QED) is 0.611. The lowest BCUT2D eigenvalue weighted by molar-refractivity contribution is -0.122. The highest BCUT2D eigenvalue weighted by Gasteiger charge is 2.29. The minimum Gasteiger partial charge on any atom is -0.361 e. The second-order valence-electron chi connectivity index (χ2n) is 4.30. The summed E-state index contributed by atoms with van der Waals surface area (Å²) >= 11 is 0. The fourth-order valence-corrected chi connectivity index (χ4v) is 1.80. The van der Waals surface area contributed by atoms with Gasteiger partial charge in [0.25, 0.3) is 0 Å². The number of hydrogen-bond acceptors (Lipinski definition) is 2. The standard InChI is InChI=1S/C13H13N3O/c17-13(9-5-6-9)16-15-8-10-7-14-12-4-2-1-3-11(10)12/h1-4,7-9,14H,5-6H2,(H,16,17). The predicted molar refractivity (Wildman–Crippen MR) is 66.8 cm³/mol. The highest BCUT2D eigenvalue weighted by atomic mass is 16.2. The molecular formula is C13H13N3O. The number of nitrogens with one attached hydrogen (secondary N) is 2. The van der Waals surface area contributed by atoms with Gasteiger partial charge in [-0.15, -0.1) is 0 Å². The average molecular weight is 227 g/mol. The molecule has 0 aliphatic heterocycles. The Kier molecular flexibility index (Phi) is 2.40. The van der Waals surface area contributed by atoms with E-state index in [-0.39, 0.29) is 11.8 Å². The molecule has 0 unspecified atom stereocenters. The summed E-state index contributed by atoms with van der Waals surface area (Å²) in [5.41, 5.74) is 4.62. The van der Waals surface area contributed by atoms with Crippen molar-refractivity contribution in [3.63, 3.8) is 0 Å². The van der Waals surface area contributed by atoms with Gasteiger partial charge in [0.15, 0.2) is 0 Å². The third-order valence-electron chi connectivity index (χ3n) is 2.95. The first-order valence-corrected chi connectivity index (χ1v) is 5.73. The van der Waals surface area contributed by atoms with Crippen LogP contribution >= 0.6 is 0 Å². The largest absolute Gasteiger partial charge is 0.361 e. The van der Waals surface area contributed by atoms with Crippen LogP contribution in [0.25, 0.3) is 10.9 Å². The van der Waals surface area contributed by atoms with E-state index in [1.165, 1.54) is 0 Å². The van der Waals surface area contributed by atoms with Crippen molar-refractivity contribution in [2.75, 3.05) is 0 Å². The molecule has 1 aliphatic carbocycles. The van der Waals surface area contributed by atoms with Gasteiger partial charge in [0.2, 0.25) is 5.91 Å². The number of para-hydroxylation sites is 1. The maximum atomic E-state index is 11.4. The molecule has 86 valence electrons. The molecule has 0 radical (unpaired) electrons. The lowest BCUT2D eigenvalue weighted by Gasteiger charge is -1.95. The number of H-pyrrole nitrogens is 1. The summed E-state index contributed by atoms with van der Waals surface area (Å²) in [7, 11) is 0. The fourth-order valence-electron chi connectivity index (χ4n) is 1.80. The van der Waals surface area contributed by atoms with Crippen LogP contribution in [-0.2, 0) is 4.79 Å². The Bertz CT molecular complexity index is 581. The number of carbonyl (C=O) groups is 1. The van der Waals surface area contributed by atoms with Crippen LogP contribution < -0.4 is 5.43 Å². The summed E-state index contributed by atoms with van der Waals surface area (Å²) in [4.78, 5) is 14.5. The number of aromatic nitrogens is 1. The van der Waals surface area contributed by atoms with Crippen molar-refractivity contribution in [1.29, 1.82) is 0 Å². The maximum Gasteiger partial charge on any atom is 0.243 e. The van der Waals surface area contributed by atoms with Crippen molar-refractivity contribution in [3.05, 3.63) is 36.0 Å². The second kappa shape index (κ2) is 4.05. The van der Waals surface area contributed by atoms with Crippen molar-refractivity contribution >= 4 is 23.0 Å². The molecule has 4 heteroatoms. The number of benzene rings is 1. The monoisotopic (exact) mass is 227 g/mol. The molecule has 4 nitrogen and oxygen atoms in total. The number of aromatic amines is 1. The van der Waals surface area contributed by atoms with E-state index >= 15 is 0 Å². The third kappa shape index (κ3) is 2.06.